The highest BCUT2D eigenvalue weighted by atomic mass is 16.5. The van der Waals surface area contributed by atoms with Gasteiger partial charge < -0.3 is 25.4 Å². The Morgan fingerprint density at radius 3 is 2.55 bits per heavy atom. The van der Waals surface area contributed by atoms with Crippen molar-refractivity contribution in [2.24, 2.45) is 0 Å². The van der Waals surface area contributed by atoms with E-state index >= 15 is 0 Å². The summed E-state index contributed by atoms with van der Waals surface area (Å²) in [5.74, 6) is -2.02. The van der Waals surface area contributed by atoms with Crippen LogP contribution in [0.15, 0.2) is 42.5 Å². The summed E-state index contributed by atoms with van der Waals surface area (Å²) in [5, 5.41) is 13.5. The van der Waals surface area contributed by atoms with Gasteiger partial charge in [0.05, 0.1) is 12.2 Å². The SMILES string of the molecule is Cc1ccc2c(c1)OC(=O)CN2CC(=O)Nc1ccc(C(=O)NCC(=O)O)cc1. The molecule has 9 nitrogen and oxygen atoms in total. The third kappa shape index (κ3) is 5.10. The largest absolute Gasteiger partial charge is 0.480 e. The van der Waals surface area contributed by atoms with Crippen molar-refractivity contribution in [3.63, 3.8) is 0 Å². The molecule has 29 heavy (non-hydrogen) atoms. The van der Waals surface area contributed by atoms with Gasteiger partial charge in [-0.3, -0.25) is 14.4 Å². The Kier molecular flexibility index (Phi) is 5.77. The average Bonchev–Trinajstić information content (AvgIpc) is 2.66. The number of carboxylic acid groups (broad SMARTS) is 1. The molecule has 0 aliphatic carbocycles. The number of fused-ring (bicyclic) bond motifs is 1. The molecule has 2 aromatic carbocycles. The van der Waals surface area contributed by atoms with Crippen molar-refractivity contribution in [3.05, 3.63) is 53.6 Å². The van der Waals surface area contributed by atoms with E-state index in [1.807, 2.05) is 13.0 Å². The zero-order valence-corrected chi connectivity index (χ0v) is 15.6. The number of hydrogen-bond acceptors (Lipinski definition) is 6. The van der Waals surface area contributed by atoms with Gasteiger partial charge in [-0.05, 0) is 48.9 Å². The van der Waals surface area contributed by atoms with Gasteiger partial charge in [0.15, 0.2) is 5.75 Å². The lowest BCUT2D eigenvalue weighted by atomic mass is 10.1. The van der Waals surface area contributed by atoms with Crippen LogP contribution in [0.1, 0.15) is 15.9 Å². The van der Waals surface area contributed by atoms with E-state index in [9.17, 15) is 19.2 Å². The van der Waals surface area contributed by atoms with E-state index in [2.05, 4.69) is 10.6 Å². The van der Waals surface area contributed by atoms with E-state index in [1.54, 1.807) is 17.0 Å². The van der Waals surface area contributed by atoms with Crippen molar-refractivity contribution in [3.8, 4) is 5.75 Å². The van der Waals surface area contributed by atoms with Crippen LogP contribution in [0.2, 0.25) is 0 Å². The number of rotatable bonds is 6. The van der Waals surface area contributed by atoms with Crippen LogP contribution in [0.3, 0.4) is 0 Å². The van der Waals surface area contributed by atoms with Gasteiger partial charge in [-0.25, -0.2) is 4.79 Å². The van der Waals surface area contributed by atoms with Gasteiger partial charge in [0.1, 0.15) is 13.1 Å². The average molecular weight is 397 g/mol. The summed E-state index contributed by atoms with van der Waals surface area (Å²) in [6.45, 7) is 1.32. The number of aryl methyl sites for hydroxylation is 1. The van der Waals surface area contributed by atoms with Gasteiger partial charge in [0, 0.05) is 11.3 Å². The number of amides is 2. The van der Waals surface area contributed by atoms with Gasteiger partial charge in [-0.1, -0.05) is 6.07 Å². The van der Waals surface area contributed by atoms with Gasteiger partial charge >= 0.3 is 11.9 Å². The van der Waals surface area contributed by atoms with E-state index in [0.29, 0.717) is 17.1 Å². The lowest BCUT2D eigenvalue weighted by Crippen LogP contribution is -2.41. The van der Waals surface area contributed by atoms with Crippen molar-refractivity contribution in [2.45, 2.75) is 6.92 Å². The molecule has 2 amide bonds. The van der Waals surface area contributed by atoms with Crippen molar-refractivity contribution in [1.82, 2.24) is 5.32 Å². The van der Waals surface area contributed by atoms with E-state index < -0.39 is 24.4 Å². The first-order chi connectivity index (χ1) is 13.8. The highest BCUT2D eigenvalue weighted by Crippen LogP contribution is 2.32. The Hall–Kier alpha value is -3.88. The van der Waals surface area contributed by atoms with Crippen LogP contribution in [-0.2, 0) is 14.4 Å². The summed E-state index contributed by atoms with van der Waals surface area (Å²) in [6, 6.07) is 11.4. The molecule has 0 saturated heterocycles. The third-order valence-electron chi connectivity index (χ3n) is 4.17. The van der Waals surface area contributed by atoms with Gasteiger partial charge in [0.2, 0.25) is 5.91 Å². The molecular weight excluding hydrogens is 378 g/mol. The number of aliphatic carboxylic acids is 1. The first-order valence-corrected chi connectivity index (χ1v) is 8.78. The van der Waals surface area contributed by atoms with E-state index in [-0.39, 0.29) is 24.6 Å². The van der Waals surface area contributed by atoms with E-state index in [4.69, 9.17) is 9.84 Å². The van der Waals surface area contributed by atoms with Crippen molar-refractivity contribution >= 4 is 35.1 Å². The van der Waals surface area contributed by atoms with Crippen LogP contribution in [-0.4, -0.2) is 48.5 Å². The summed E-state index contributed by atoms with van der Waals surface area (Å²) in [4.78, 5) is 48.2. The Labute approximate surface area is 166 Å². The Morgan fingerprint density at radius 1 is 1.14 bits per heavy atom. The minimum atomic E-state index is -1.14. The maximum absolute atomic E-state index is 12.4. The molecule has 9 heteroatoms. The second-order valence-corrected chi connectivity index (χ2v) is 6.50. The number of carbonyl (C=O) groups is 4. The molecule has 2 aromatic rings. The van der Waals surface area contributed by atoms with Crippen LogP contribution in [0, 0.1) is 6.92 Å². The predicted octanol–water partition coefficient (Wildman–Crippen LogP) is 1.17. The number of hydrogen-bond donors (Lipinski definition) is 3. The summed E-state index contributed by atoms with van der Waals surface area (Å²) >= 11 is 0. The lowest BCUT2D eigenvalue weighted by Gasteiger charge is -2.29. The monoisotopic (exact) mass is 397 g/mol. The highest BCUT2D eigenvalue weighted by molar-refractivity contribution is 5.98. The van der Waals surface area contributed by atoms with Gasteiger partial charge in [-0.2, -0.15) is 0 Å². The molecule has 3 N–H and O–H groups in total. The fraction of sp³-hybridized carbons (Fsp3) is 0.200. The number of ether oxygens (including phenoxy) is 1. The number of esters is 1. The molecule has 0 atom stereocenters. The number of carboxylic acids is 1. The maximum atomic E-state index is 12.4. The number of carbonyl (C=O) groups excluding carboxylic acids is 3. The topological polar surface area (TPSA) is 125 Å². The van der Waals surface area contributed by atoms with Gasteiger partial charge in [0.25, 0.3) is 5.91 Å². The fourth-order valence-electron chi connectivity index (χ4n) is 2.84. The molecule has 0 saturated carbocycles. The zero-order valence-electron chi connectivity index (χ0n) is 15.6. The van der Waals surface area contributed by atoms with Crippen LogP contribution >= 0.6 is 0 Å². The molecule has 0 aromatic heterocycles. The summed E-state index contributed by atoms with van der Waals surface area (Å²) in [5.41, 5.74) is 2.34. The van der Waals surface area contributed by atoms with Crippen LogP contribution in [0.5, 0.6) is 5.75 Å². The normalized spacial score (nSPS) is 12.6. The number of nitrogens with zero attached hydrogens (tertiary/aromatic N) is 1. The number of anilines is 2. The quantitative estimate of drug-likeness (QED) is 0.494. The van der Waals surface area contributed by atoms with Crippen molar-refractivity contribution < 1.29 is 29.0 Å². The van der Waals surface area contributed by atoms with E-state index in [0.717, 1.165) is 5.56 Å². The minimum Gasteiger partial charge on any atom is -0.480 e. The second kappa shape index (κ2) is 8.42. The molecule has 0 bridgehead atoms. The number of nitrogens with one attached hydrogen (secondary N) is 2. The van der Waals surface area contributed by atoms with Gasteiger partial charge in [-0.15, -0.1) is 0 Å². The van der Waals surface area contributed by atoms with Crippen LogP contribution < -0.4 is 20.3 Å². The summed E-state index contributed by atoms with van der Waals surface area (Å²) < 4.78 is 5.23. The minimum absolute atomic E-state index is 0.0355. The van der Waals surface area contributed by atoms with Crippen molar-refractivity contribution in [2.75, 3.05) is 29.9 Å². The molecule has 150 valence electrons. The molecule has 3 rings (SSSR count). The fourth-order valence-corrected chi connectivity index (χ4v) is 2.84. The Morgan fingerprint density at radius 2 is 1.86 bits per heavy atom. The molecule has 1 aliphatic heterocycles. The summed E-state index contributed by atoms with van der Waals surface area (Å²) in [6.07, 6.45) is 0. The zero-order chi connectivity index (χ0) is 21.0. The van der Waals surface area contributed by atoms with Crippen molar-refractivity contribution in [1.29, 1.82) is 0 Å². The molecule has 0 spiro atoms. The van der Waals surface area contributed by atoms with Crippen LogP contribution in [0.4, 0.5) is 11.4 Å². The molecule has 0 fully saturated rings. The highest BCUT2D eigenvalue weighted by Gasteiger charge is 2.25. The Balaban J connectivity index is 1.62. The van der Waals surface area contributed by atoms with E-state index in [1.165, 1.54) is 24.3 Å². The summed E-state index contributed by atoms with van der Waals surface area (Å²) in [7, 11) is 0. The first kappa shape index (κ1) is 19.9. The lowest BCUT2D eigenvalue weighted by molar-refractivity contribution is -0.136. The molecule has 0 radical (unpaired) electrons. The van der Waals surface area contributed by atoms with Crippen LogP contribution in [0.25, 0.3) is 0 Å². The second-order valence-electron chi connectivity index (χ2n) is 6.50. The molecule has 1 aliphatic rings. The molecule has 1 heterocycles. The molecule has 0 unspecified atom stereocenters. The Bertz CT molecular complexity index is 971. The molecular formula is C20H19N3O6. The maximum Gasteiger partial charge on any atom is 0.331 e. The standard InChI is InChI=1S/C20H19N3O6/c1-12-2-7-15-16(8-12)29-19(27)11-23(15)10-17(24)22-14-5-3-13(4-6-14)20(28)21-9-18(25)26/h2-8H,9-11H2,1H3,(H,21,28)(H,22,24)(H,25,26). The smallest absolute Gasteiger partial charge is 0.331 e. The third-order valence-corrected chi connectivity index (χ3v) is 4.17. The number of benzene rings is 2. The predicted molar refractivity (Wildman–Crippen MR) is 104 cm³/mol. The first-order valence-electron chi connectivity index (χ1n) is 8.78.